The summed E-state index contributed by atoms with van der Waals surface area (Å²) < 4.78 is 2.32. The number of aromatic amines is 1. The lowest BCUT2D eigenvalue weighted by atomic mass is 10.2. The van der Waals surface area contributed by atoms with Gasteiger partial charge < -0.3 is 4.98 Å². The van der Waals surface area contributed by atoms with Crippen LogP contribution in [0.3, 0.4) is 0 Å². The van der Waals surface area contributed by atoms with Crippen molar-refractivity contribution in [3.05, 3.63) is 18.5 Å². The van der Waals surface area contributed by atoms with Crippen LogP contribution in [0.15, 0.2) is 0 Å². The third-order valence-electron chi connectivity index (χ3n) is 3.88. The van der Waals surface area contributed by atoms with Crippen LogP contribution >= 0.6 is 45.2 Å². The highest BCUT2D eigenvalue weighted by molar-refractivity contribution is 14.1. The van der Waals surface area contributed by atoms with E-state index >= 15 is 0 Å². The summed E-state index contributed by atoms with van der Waals surface area (Å²) in [6.45, 7) is 0. The van der Waals surface area contributed by atoms with Gasteiger partial charge in [-0.3, -0.25) is 31.9 Å². The summed E-state index contributed by atoms with van der Waals surface area (Å²) >= 11 is 4.74. The van der Waals surface area contributed by atoms with Crippen molar-refractivity contribution in [1.29, 1.82) is 0 Å². The van der Waals surface area contributed by atoms with Crippen molar-refractivity contribution in [3.63, 3.8) is 0 Å². The molecule has 1 aromatic heterocycles. The van der Waals surface area contributed by atoms with Gasteiger partial charge in [0.15, 0.2) is 11.6 Å². The standard InChI is InChI=1S/C12H25I2N7/c1-15-11(16-2,17-3)9-7(13)8(14)10(21-9)12(18-4,19-5)20-6/h15-21H,1-6H3. The van der Waals surface area contributed by atoms with E-state index in [0.29, 0.717) is 0 Å². The lowest BCUT2D eigenvalue weighted by Gasteiger charge is -2.34. The molecule has 0 aromatic carbocycles. The second-order valence-electron chi connectivity index (χ2n) is 4.50. The predicted octanol–water partition coefficient (Wildman–Crippen LogP) is -0.239. The molecule has 0 saturated carbocycles. The van der Waals surface area contributed by atoms with Crippen molar-refractivity contribution in [3.8, 4) is 0 Å². The van der Waals surface area contributed by atoms with Crippen molar-refractivity contribution in [2.45, 2.75) is 11.6 Å². The van der Waals surface area contributed by atoms with Gasteiger partial charge in [-0.15, -0.1) is 0 Å². The Morgan fingerprint density at radius 3 is 1.05 bits per heavy atom. The van der Waals surface area contributed by atoms with Crippen LogP contribution in [0.4, 0.5) is 0 Å². The number of hydrogen-bond acceptors (Lipinski definition) is 6. The maximum atomic E-state index is 3.55. The van der Waals surface area contributed by atoms with Gasteiger partial charge in [0.2, 0.25) is 0 Å². The van der Waals surface area contributed by atoms with E-state index in [1.165, 1.54) is 0 Å². The minimum absolute atomic E-state index is 0.518. The average Bonchev–Trinajstić information content (AvgIpc) is 2.82. The topological polar surface area (TPSA) is 88.0 Å². The Labute approximate surface area is 153 Å². The molecule has 7 N–H and O–H groups in total. The Morgan fingerprint density at radius 2 is 0.857 bits per heavy atom. The number of aromatic nitrogens is 1. The number of rotatable bonds is 8. The Kier molecular flexibility index (Phi) is 7.31. The van der Waals surface area contributed by atoms with Gasteiger partial charge in [0.25, 0.3) is 0 Å². The molecule has 0 bridgehead atoms. The number of halogens is 2. The molecule has 1 rings (SSSR count). The van der Waals surface area contributed by atoms with Gasteiger partial charge >= 0.3 is 0 Å². The lowest BCUT2D eigenvalue weighted by Crippen LogP contribution is -2.62. The Morgan fingerprint density at radius 1 is 0.619 bits per heavy atom. The Hall–Kier alpha value is 0.500. The predicted molar refractivity (Wildman–Crippen MR) is 104 cm³/mol. The quantitative estimate of drug-likeness (QED) is 0.189. The highest BCUT2D eigenvalue weighted by atomic mass is 127. The van der Waals surface area contributed by atoms with Crippen LogP contribution in [-0.4, -0.2) is 47.3 Å². The Balaban J connectivity index is 3.52. The largest absolute Gasteiger partial charge is 0.353 e. The number of nitrogens with one attached hydrogen (secondary N) is 7. The van der Waals surface area contributed by atoms with Crippen molar-refractivity contribution in [2.75, 3.05) is 42.3 Å². The zero-order valence-electron chi connectivity index (χ0n) is 13.3. The molecular formula is C12H25I2N7. The first-order valence-corrected chi connectivity index (χ1v) is 8.79. The zero-order chi connectivity index (χ0) is 16.3. The molecule has 0 aliphatic carbocycles. The molecule has 0 spiro atoms. The van der Waals surface area contributed by atoms with E-state index in [9.17, 15) is 0 Å². The zero-order valence-corrected chi connectivity index (χ0v) is 17.6. The van der Waals surface area contributed by atoms with Gasteiger partial charge in [-0.1, -0.05) is 0 Å². The maximum Gasteiger partial charge on any atom is 0.166 e. The monoisotopic (exact) mass is 521 g/mol. The second kappa shape index (κ2) is 7.86. The smallest absolute Gasteiger partial charge is 0.166 e. The fraction of sp³-hybridized carbons (Fsp3) is 0.667. The van der Waals surface area contributed by atoms with E-state index in [4.69, 9.17) is 0 Å². The summed E-state index contributed by atoms with van der Waals surface area (Å²) in [6, 6.07) is 0. The summed E-state index contributed by atoms with van der Waals surface area (Å²) in [5.74, 6) is -1.04. The number of hydrogen-bond donors (Lipinski definition) is 7. The molecule has 1 aromatic rings. The Bertz CT molecular complexity index is 409. The first-order valence-electron chi connectivity index (χ1n) is 6.63. The van der Waals surface area contributed by atoms with Crippen molar-refractivity contribution in [1.82, 2.24) is 36.9 Å². The minimum atomic E-state index is -0.518. The first-order chi connectivity index (χ1) is 9.91. The summed E-state index contributed by atoms with van der Waals surface area (Å²) in [7, 11) is 11.5. The second-order valence-corrected chi connectivity index (χ2v) is 6.66. The molecule has 122 valence electrons. The van der Waals surface area contributed by atoms with Crippen LogP contribution < -0.4 is 31.9 Å². The van der Waals surface area contributed by atoms with E-state index in [-0.39, 0.29) is 0 Å². The SMILES string of the molecule is CNC(NC)(NC)c1[nH]c(C(NC)(NC)NC)c(I)c1I. The van der Waals surface area contributed by atoms with Gasteiger partial charge in [-0.25, -0.2) is 0 Å². The third-order valence-corrected chi connectivity index (χ3v) is 7.07. The molecule has 0 saturated heterocycles. The molecule has 0 radical (unpaired) electrons. The van der Waals surface area contributed by atoms with Gasteiger partial charge in [-0.2, -0.15) is 0 Å². The van der Waals surface area contributed by atoms with Crippen molar-refractivity contribution < 1.29 is 0 Å². The third kappa shape index (κ3) is 3.24. The fourth-order valence-corrected chi connectivity index (χ4v) is 4.09. The minimum Gasteiger partial charge on any atom is -0.353 e. The van der Waals surface area contributed by atoms with Gasteiger partial charge in [-0.05, 0) is 87.5 Å². The summed E-state index contributed by atoms with van der Waals surface area (Å²) in [6.07, 6.45) is 0. The van der Waals surface area contributed by atoms with Gasteiger partial charge in [0.1, 0.15) is 0 Å². The van der Waals surface area contributed by atoms with E-state index in [1.807, 2.05) is 42.3 Å². The van der Waals surface area contributed by atoms with Crippen LogP contribution in [0.5, 0.6) is 0 Å². The molecule has 0 fully saturated rings. The molecule has 21 heavy (non-hydrogen) atoms. The fourth-order valence-electron chi connectivity index (χ4n) is 2.47. The van der Waals surface area contributed by atoms with E-state index in [1.54, 1.807) is 0 Å². The lowest BCUT2D eigenvalue weighted by molar-refractivity contribution is 0.229. The van der Waals surface area contributed by atoms with Crippen LogP contribution in [-0.2, 0) is 11.6 Å². The van der Waals surface area contributed by atoms with E-state index in [2.05, 4.69) is 82.1 Å². The van der Waals surface area contributed by atoms with Crippen LogP contribution in [0.25, 0.3) is 0 Å². The van der Waals surface area contributed by atoms with Crippen molar-refractivity contribution in [2.24, 2.45) is 0 Å². The van der Waals surface area contributed by atoms with Crippen LogP contribution in [0, 0.1) is 7.14 Å². The molecule has 0 amide bonds. The molecule has 0 atom stereocenters. The normalized spacial score (nSPS) is 13.0. The molecule has 0 aliphatic rings. The van der Waals surface area contributed by atoms with E-state index in [0.717, 1.165) is 18.5 Å². The highest BCUT2D eigenvalue weighted by Gasteiger charge is 2.38. The average molecular weight is 521 g/mol. The molecule has 0 unspecified atom stereocenters. The molecular weight excluding hydrogens is 496 g/mol. The summed E-state index contributed by atoms with van der Waals surface area (Å²) in [5, 5.41) is 19.8. The van der Waals surface area contributed by atoms with E-state index < -0.39 is 11.6 Å². The van der Waals surface area contributed by atoms with Gasteiger partial charge in [0.05, 0.1) is 18.5 Å². The molecule has 0 aliphatic heterocycles. The van der Waals surface area contributed by atoms with Crippen molar-refractivity contribution >= 4 is 45.2 Å². The van der Waals surface area contributed by atoms with Gasteiger partial charge in [0, 0.05) is 0 Å². The molecule has 7 nitrogen and oxygen atoms in total. The molecule has 9 heteroatoms. The molecule has 1 heterocycles. The summed E-state index contributed by atoms with van der Waals surface area (Å²) in [4.78, 5) is 3.55. The van der Waals surface area contributed by atoms with Crippen LogP contribution in [0.1, 0.15) is 11.4 Å². The first kappa shape index (κ1) is 19.5. The maximum absolute atomic E-state index is 3.55. The van der Waals surface area contributed by atoms with Crippen LogP contribution in [0.2, 0.25) is 0 Å². The highest BCUT2D eigenvalue weighted by Crippen LogP contribution is 2.31. The summed E-state index contributed by atoms with van der Waals surface area (Å²) in [5.41, 5.74) is 2.08. The number of H-pyrrole nitrogens is 1.